The third-order valence-corrected chi connectivity index (χ3v) is 4.07. The number of benzene rings is 1. The van der Waals surface area contributed by atoms with Crippen molar-refractivity contribution in [3.8, 4) is 6.07 Å². The maximum absolute atomic E-state index is 9.29. The molecule has 19 heavy (non-hydrogen) atoms. The van der Waals surface area contributed by atoms with Gasteiger partial charge in [0.25, 0.3) is 0 Å². The zero-order valence-electron chi connectivity index (χ0n) is 11.7. The van der Waals surface area contributed by atoms with Crippen molar-refractivity contribution in [3.05, 3.63) is 29.3 Å². The zero-order valence-corrected chi connectivity index (χ0v) is 11.7. The highest BCUT2D eigenvalue weighted by molar-refractivity contribution is 5.60. The van der Waals surface area contributed by atoms with Crippen LogP contribution >= 0.6 is 0 Å². The normalized spacial score (nSPS) is 16.4. The maximum atomic E-state index is 9.29. The van der Waals surface area contributed by atoms with Crippen LogP contribution in [0.15, 0.2) is 18.2 Å². The van der Waals surface area contributed by atoms with E-state index < -0.39 is 0 Å². The maximum Gasteiger partial charge on any atom is 0.101 e. The van der Waals surface area contributed by atoms with Gasteiger partial charge in [-0.3, -0.25) is 0 Å². The molecule has 0 unspecified atom stereocenters. The Bertz CT molecular complexity index is 454. The van der Waals surface area contributed by atoms with Crippen molar-refractivity contribution in [1.82, 2.24) is 0 Å². The summed E-state index contributed by atoms with van der Waals surface area (Å²) < 4.78 is 0. The summed E-state index contributed by atoms with van der Waals surface area (Å²) in [5.74, 6) is 0.870. The van der Waals surface area contributed by atoms with Gasteiger partial charge in [-0.25, -0.2) is 0 Å². The molecule has 0 spiro atoms. The first-order valence-electron chi connectivity index (χ1n) is 7.26. The molecule has 1 fully saturated rings. The second-order valence-corrected chi connectivity index (χ2v) is 5.39. The summed E-state index contributed by atoms with van der Waals surface area (Å²) in [6, 6.07) is 8.32. The highest BCUT2D eigenvalue weighted by Gasteiger charge is 2.20. The van der Waals surface area contributed by atoms with Crippen LogP contribution in [0.5, 0.6) is 0 Å². The Balaban J connectivity index is 2.09. The van der Waals surface area contributed by atoms with Crippen LogP contribution in [0, 0.1) is 17.2 Å². The molecule has 0 amide bonds. The average molecular weight is 257 g/mol. The molecule has 2 N–H and O–H groups in total. The van der Waals surface area contributed by atoms with E-state index >= 15 is 0 Å². The molecule has 1 aliphatic heterocycles. The second-order valence-electron chi connectivity index (χ2n) is 5.39. The molecule has 0 bridgehead atoms. The van der Waals surface area contributed by atoms with Gasteiger partial charge < -0.3 is 10.6 Å². The highest BCUT2D eigenvalue weighted by atomic mass is 15.1. The van der Waals surface area contributed by atoms with Gasteiger partial charge in [0.2, 0.25) is 0 Å². The van der Waals surface area contributed by atoms with E-state index in [0.29, 0.717) is 6.54 Å². The first-order chi connectivity index (χ1) is 9.28. The molecule has 2 rings (SSSR count). The van der Waals surface area contributed by atoms with E-state index in [2.05, 4.69) is 24.0 Å². The van der Waals surface area contributed by atoms with Crippen LogP contribution in [-0.2, 0) is 6.54 Å². The van der Waals surface area contributed by atoms with Gasteiger partial charge in [0.05, 0.1) is 11.3 Å². The number of hydrogen-bond donors (Lipinski definition) is 1. The van der Waals surface area contributed by atoms with Gasteiger partial charge in [-0.05, 0) is 36.5 Å². The van der Waals surface area contributed by atoms with Gasteiger partial charge in [-0.15, -0.1) is 0 Å². The predicted molar refractivity (Wildman–Crippen MR) is 78.9 cm³/mol. The molecule has 0 atom stereocenters. The lowest BCUT2D eigenvalue weighted by Gasteiger charge is -2.34. The summed E-state index contributed by atoms with van der Waals surface area (Å²) in [6.07, 6.45) is 5.11. The van der Waals surface area contributed by atoms with Crippen LogP contribution in [0.3, 0.4) is 0 Å². The molecular weight excluding hydrogens is 234 g/mol. The Morgan fingerprint density at radius 2 is 2.11 bits per heavy atom. The number of nitriles is 1. The summed E-state index contributed by atoms with van der Waals surface area (Å²) in [5.41, 5.74) is 8.50. The van der Waals surface area contributed by atoms with Crippen molar-refractivity contribution in [1.29, 1.82) is 5.26 Å². The SMILES string of the molecule is CCCC1CCN(c2ccc(CN)cc2C#N)CC1. The summed E-state index contributed by atoms with van der Waals surface area (Å²) in [5, 5.41) is 9.29. The summed E-state index contributed by atoms with van der Waals surface area (Å²) >= 11 is 0. The van der Waals surface area contributed by atoms with Crippen molar-refractivity contribution in [2.75, 3.05) is 18.0 Å². The van der Waals surface area contributed by atoms with Crippen LogP contribution in [0.1, 0.15) is 43.7 Å². The van der Waals surface area contributed by atoms with E-state index in [1.165, 1.54) is 25.7 Å². The molecule has 0 aliphatic carbocycles. The van der Waals surface area contributed by atoms with Crippen LogP contribution in [0.25, 0.3) is 0 Å². The number of rotatable bonds is 4. The van der Waals surface area contributed by atoms with Crippen LogP contribution in [0.4, 0.5) is 5.69 Å². The zero-order chi connectivity index (χ0) is 13.7. The number of piperidine rings is 1. The smallest absolute Gasteiger partial charge is 0.101 e. The third-order valence-electron chi connectivity index (χ3n) is 4.07. The number of hydrogen-bond acceptors (Lipinski definition) is 3. The Morgan fingerprint density at radius 3 is 2.68 bits per heavy atom. The van der Waals surface area contributed by atoms with Crippen molar-refractivity contribution >= 4 is 5.69 Å². The van der Waals surface area contributed by atoms with E-state index in [0.717, 1.165) is 35.8 Å². The van der Waals surface area contributed by atoms with Gasteiger partial charge in [0.1, 0.15) is 6.07 Å². The number of nitrogens with zero attached hydrogens (tertiary/aromatic N) is 2. The molecule has 102 valence electrons. The molecular formula is C16H23N3. The van der Waals surface area contributed by atoms with Crippen LogP contribution < -0.4 is 10.6 Å². The quantitative estimate of drug-likeness (QED) is 0.902. The number of nitrogens with two attached hydrogens (primary N) is 1. The highest BCUT2D eigenvalue weighted by Crippen LogP contribution is 2.28. The molecule has 0 saturated carbocycles. The Morgan fingerprint density at radius 1 is 1.37 bits per heavy atom. The van der Waals surface area contributed by atoms with Gasteiger partial charge in [-0.2, -0.15) is 5.26 Å². The molecule has 1 saturated heterocycles. The first-order valence-corrected chi connectivity index (χ1v) is 7.26. The number of anilines is 1. The van der Waals surface area contributed by atoms with Gasteiger partial charge in [0, 0.05) is 19.6 Å². The molecule has 1 aromatic carbocycles. The monoisotopic (exact) mass is 257 g/mol. The summed E-state index contributed by atoms with van der Waals surface area (Å²) in [7, 11) is 0. The lowest BCUT2D eigenvalue weighted by atomic mass is 9.92. The minimum Gasteiger partial charge on any atom is -0.370 e. The van der Waals surface area contributed by atoms with Gasteiger partial charge >= 0.3 is 0 Å². The Hall–Kier alpha value is -1.53. The van der Waals surface area contributed by atoms with Crippen LogP contribution in [0.2, 0.25) is 0 Å². The fraction of sp³-hybridized carbons (Fsp3) is 0.562. The van der Waals surface area contributed by atoms with Crippen molar-refractivity contribution in [2.45, 2.75) is 39.2 Å². The molecule has 3 heteroatoms. The standard InChI is InChI=1S/C16H23N3/c1-2-3-13-6-8-19(9-7-13)16-5-4-14(11-17)10-15(16)12-18/h4-5,10,13H,2-3,6-9,11,17H2,1H3. The Labute approximate surface area is 116 Å². The topological polar surface area (TPSA) is 53.0 Å². The molecule has 1 aromatic rings. The fourth-order valence-electron chi connectivity index (χ4n) is 2.95. The van der Waals surface area contributed by atoms with E-state index in [-0.39, 0.29) is 0 Å². The molecule has 1 aliphatic rings. The third kappa shape index (κ3) is 3.27. The first kappa shape index (κ1) is 13.9. The van der Waals surface area contributed by atoms with E-state index in [9.17, 15) is 5.26 Å². The van der Waals surface area contributed by atoms with Gasteiger partial charge in [-0.1, -0.05) is 25.8 Å². The van der Waals surface area contributed by atoms with Crippen molar-refractivity contribution < 1.29 is 0 Å². The summed E-state index contributed by atoms with van der Waals surface area (Å²) in [6.45, 7) is 4.89. The molecule has 0 radical (unpaired) electrons. The lowest BCUT2D eigenvalue weighted by Crippen LogP contribution is -2.34. The van der Waals surface area contributed by atoms with Crippen LogP contribution in [-0.4, -0.2) is 13.1 Å². The predicted octanol–water partition coefficient (Wildman–Crippen LogP) is 3.03. The van der Waals surface area contributed by atoms with E-state index in [4.69, 9.17) is 5.73 Å². The molecule has 1 heterocycles. The largest absolute Gasteiger partial charge is 0.370 e. The lowest BCUT2D eigenvalue weighted by molar-refractivity contribution is 0.378. The molecule has 3 nitrogen and oxygen atoms in total. The van der Waals surface area contributed by atoms with Gasteiger partial charge in [0.15, 0.2) is 0 Å². The van der Waals surface area contributed by atoms with Crippen molar-refractivity contribution in [3.63, 3.8) is 0 Å². The minimum absolute atomic E-state index is 0.494. The molecule has 0 aromatic heterocycles. The van der Waals surface area contributed by atoms with E-state index in [1.54, 1.807) is 0 Å². The van der Waals surface area contributed by atoms with E-state index in [1.807, 2.05) is 12.1 Å². The minimum atomic E-state index is 0.494. The summed E-state index contributed by atoms with van der Waals surface area (Å²) in [4.78, 5) is 2.35. The van der Waals surface area contributed by atoms with Crippen molar-refractivity contribution in [2.24, 2.45) is 11.7 Å². The fourth-order valence-corrected chi connectivity index (χ4v) is 2.95. The Kier molecular flexibility index (Phi) is 4.81. The second kappa shape index (κ2) is 6.58. The average Bonchev–Trinajstić information content (AvgIpc) is 2.48.